The van der Waals surface area contributed by atoms with Gasteiger partial charge in [0.2, 0.25) is 5.91 Å². The molecule has 0 aliphatic heterocycles. The van der Waals surface area contributed by atoms with E-state index in [9.17, 15) is 4.79 Å². The third-order valence-corrected chi connectivity index (χ3v) is 3.50. The summed E-state index contributed by atoms with van der Waals surface area (Å²) in [5.41, 5.74) is 1.15. The number of carbonyl (C=O) groups excluding carboxylic acids is 1. The number of aliphatic hydroxyl groups excluding tert-OH is 1. The van der Waals surface area contributed by atoms with Crippen LogP contribution in [0.2, 0.25) is 0 Å². The second kappa shape index (κ2) is 8.97. The number of nitrogens with one attached hydrogen (secondary N) is 1. The molecule has 1 amide bonds. The predicted molar refractivity (Wildman–Crippen MR) is 82.9 cm³/mol. The van der Waals surface area contributed by atoms with Gasteiger partial charge in [-0.3, -0.25) is 4.79 Å². The Balaban J connectivity index is 2.28. The van der Waals surface area contributed by atoms with Crippen LogP contribution >= 0.6 is 15.9 Å². The van der Waals surface area contributed by atoms with E-state index in [1.165, 1.54) is 0 Å². The van der Waals surface area contributed by atoms with Gasteiger partial charge in [0, 0.05) is 12.6 Å². The second-order valence-corrected chi connectivity index (χ2v) is 5.72. The van der Waals surface area contributed by atoms with Crippen molar-refractivity contribution in [3.63, 3.8) is 0 Å². The zero-order valence-electron chi connectivity index (χ0n) is 12.0. The number of benzene rings is 1. The summed E-state index contributed by atoms with van der Waals surface area (Å²) in [6, 6.07) is 5.92. The first kappa shape index (κ1) is 17.0. The van der Waals surface area contributed by atoms with Crippen LogP contribution in [0.3, 0.4) is 0 Å². The number of hydrogen-bond donors (Lipinski definition) is 2. The summed E-state index contributed by atoms with van der Waals surface area (Å²) in [7, 11) is 0. The molecule has 5 heteroatoms. The molecule has 4 nitrogen and oxygen atoms in total. The molecule has 1 unspecified atom stereocenters. The summed E-state index contributed by atoms with van der Waals surface area (Å²) < 4.78 is 6.47. The van der Waals surface area contributed by atoms with Crippen LogP contribution in [0.4, 0.5) is 0 Å². The van der Waals surface area contributed by atoms with Gasteiger partial charge >= 0.3 is 0 Å². The lowest BCUT2D eigenvalue weighted by Crippen LogP contribution is -2.33. The Bertz CT molecular complexity index is 437. The number of rotatable bonds is 8. The molecule has 20 heavy (non-hydrogen) atoms. The third-order valence-electron chi connectivity index (χ3n) is 2.88. The summed E-state index contributed by atoms with van der Waals surface area (Å²) in [5.74, 6) is 0.718. The van der Waals surface area contributed by atoms with E-state index >= 15 is 0 Å². The first-order valence-electron chi connectivity index (χ1n) is 6.82. The van der Waals surface area contributed by atoms with Crippen LogP contribution < -0.4 is 10.1 Å². The van der Waals surface area contributed by atoms with E-state index in [0.717, 1.165) is 22.2 Å². The lowest BCUT2D eigenvalue weighted by Gasteiger charge is -2.13. The van der Waals surface area contributed by atoms with Gasteiger partial charge in [-0.25, -0.2) is 0 Å². The Morgan fingerprint density at radius 1 is 1.50 bits per heavy atom. The number of carbonyl (C=O) groups is 1. The average Bonchev–Trinajstić information content (AvgIpc) is 2.39. The molecule has 0 heterocycles. The topological polar surface area (TPSA) is 58.6 Å². The lowest BCUT2D eigenvalue weighted by atomic mass is 10.2. The number of hydrogen-bond acceptors (Lipinski definition) is 3. The minimum atomic E-state index is -0.0290. The molecule has 0 aliphatic carbocycles. The van der Waals surface area contributed by atoms with Crippen LogP contribution in [-0.4, -0.2) is 30.3 Å². The quantitative estimate of drug-likeness (QED) is 0.762. The van der Waals surface area contributed by atoms with Gasteiger partial charge in [0.1, 0.15) is 5.75 Å². The maximum absolute atomic E-state index is 11.7. The standard InChI is InChI=1S/C15H22BrNO3/c1-11-5-6-14(13(16)10-11)20-9-7-15(19)17-12(2)4-3-8-18/h5-6,10,12,18H,3-4,7-9H2,1-2H3,(H,17,19). The number of halogens is 1. The van der Waals surface area contributed by atoms with Gasteiger partial charge in [0.25, 0.3) is 0 Å². The highest BCUT2D eigenvalue weighted by atomic mass is 79.9. The van der Waals surface area contributed by atoms with Crippen molar-refractivity contribution < 1.29 is 14.6 Å². The lowest BCUT2D eigenvalue weighted by molar-refractivity contribution is -0.122. The molecule has 1 rings (SSSR count). The Morgan fingerprint density at radius 3 is 2.90 bits per heavy atom. The highest BCUT2D eigenvalue weighted by molar-refractivity contribution is 9.10. The summed E-state index contributed by atoms with van der Waals surface area (Å²) >= 11 is 3.43. The molecule has 0 saturated carbocycles. The van der Waals surface area contributed by atoms with Crippen LogP contribution in [0.25, 0.3) is 0 Å². The molecular formula is C15H22BrNO3. The number of ether oxygens (including phenoxy) is 1. The van der Waals surface area contributed by atoms with Crippen LogP contribution in [-0.2, 0) is 4.79 Å². The minimum Gasteiger partial charge on any atom is -0.492 e. The van der Waals surface area contributed by atoms with Crippen molar-refractivity contribution >= 4 is 21.8 Å². The van der Waals surface area contributed by atoms with Gasteiger partial charge < -0.3 is 15.2 Å². The van der Waals surface area contributed by atoms with Crippen LogP contribution in [0, 0.1) is 6.92 Å². The third kappa shape index (κ3) is 6.39. The fourth-order valence-electron chi connectivity index (χ4n) is 1.79. The molecule has 1 aromatic rings. The van der Waals surface area contributed by atoms with Gasteiger partial charge in [-0.15, -0.1) is 0 Å². The first-order valence-corrected chi connectivity index (χ1v) is 7.61. The van der Waals surface area contributed by atoms with Crippen molar-refractivity contribution in [3.8, 4) is 5.75 Å². The molecule has 0 bridgehead atoms. The fourth-order valence-corrected chi connectivity index (χ4v) is 2.40. The Morgan fingerprint density at radius 2 is 2.25 bits per heavy atom. The van der Waals surface area contributed by atoms with Crippen molar-refractivity contribution in [2.75, 3.05) is 13.2 Å². The summed E-state index contributed by atoms with van der Waals surface area (Å²) in [6.45, 7) is 4.45. The van der Waals surface area contributed by atoms with E-state index in [-0.39, 0.29) is 18.6 Å². The smallest absolute Gasteiger partial charge is 0.223 e. The molecular weight excluding hydrogens is 322 g/mol. The van der Waals surface area contributed by atoms with E-state index < -0.39 is 0 Å². The monoisotopic (exact) mass is 343 g/mol. The molecule has 0 aliphatic rings. The molecule has 0 radical (unpaired) electrons. The highest BCUT2D eigenvalue weighted by Crippen LogP contribution is 2.25. The molecule has 0 aromatic heterocycles. The maximum Gasteiger partial charge on any atom is 0.223 e. The van der Waals surface area contributed by atoms with Crippen molar-refractivity contribution in [2.24, 2.45) is 0 Å². The molecule has 2 N–H and O–H groups in total. The van der Waals surface area contributed by atoms with Gasteiger partial charge in [0.15, 0.2) is 0 Å². The Kier molecular flexibility index (Phi) is 7.62. The predicted octanol–water partition coefficient (Wildman–Crippen LogP) is 2.80. The molecule has 0 fully saturated rings. The molecule has 1 atom stereocenters. The minimum absolute atomic E-state index is 0.0290. The van der Waals surface area contributed by atoms with Crippen molar-refractivity contribution in [1.82, 2.24) is 5.32 Å². The van der Waals surface area contributed by atoms with Crippen LogP contribution in [0.15, 0.2) is 22.7 Å². The number of aryl methyl sites for hydroxylation is 1. The molecule has 1 aromatic carbocycles. The molecule has 0 saturated heterocycles. The normalized spacial score (nSPS) is 12.0. The highest BCUT2D eigenvalue weighted by Gasteiger charge is 2.08. The second-order valence-electron chi connectivity index (χ2n) is 4.87. The van der Waals surface area contributed by atoms with Crippen molar-refractivity contribution in [1.29, 1.82) is 0 Å². The molecule has 112 valence electrons. The zero-order valence-corrected chi connectivity index (χ0v) is 13.6. The van der Waals surface area contributed by atoms with Crippen LogP contribution in [0.5, 0.6) is 5.75 Å². The first-order chi connectivity index (χ1) is 9.52. The summed E-state index contributed by atoms with van der Waals surface area (Å²) in [5, 5.41) is 11.6. The van der Waals surface area contributed by atoms with E-state index in [1.807, 2.05) is 32.0 Å². The van der Waals surface area contributed by atoms with E-state index in [1.54, 1.807) is 0 Å². The van der Waals surface area contributed by atoms with E-state index in [0.29, 0.717) is 19.4 Å². The zero-order chi connectivity index (χ0) is 15.0. The summed E-state index contributed by atoms with van der Waals surface area (Å²) in [6.07, 6.45) is 1.81. The van der Waals surface area contributed by atoms with Gasteiger partial charge in [-0.1, -0.05) is 6.07 Å². The number of aliphatic hydroxyl groups is 1. The van der Waals surface area contributed by atoms with E-state index in [2.05, 4.69) is 21.2 Å². The van der Waals surface area contributed by atoms with Gasteiger partial charge in [0.05, 0.1) is 17.5 Å². The SMILES string of the molecule is Cc1ccc(OCCC(=O)NC(C)CCCO)c(Br)c1. The van der Waals surface area contributed by atoms with Gasteiger partial charge in [-0.05, 0) is 60.3 Å². The van der Waals surface area contributed by atoms with Crippen molar-refractivity contribution in [2.45, 2.75) is 39.2 Å². The number of amides is 1. The average molecular weight is 344 g/mol. The molecule has 0 spiro atoms. The van der Waals surface area contributed by atoms with E-state index in [4.69, 9.17) is 9.84 Å². The Labute approximate surface area is 128 Å². The summed E-state index contributed by atoms with van der Waals surface area (Å²) in [4.78, 5) is 11.7. The van der Waals surface area contributed by atoms with Crippen molar-refractivity contribution in [3.05, 3.63) is 28.2 Å². The van der Waals surface area contributed by atoms with Gasteiger partial charge in [-0.2, -0.15) is 0 Å². The maximum atomic E-state index is 11.7. The largest absolute Gasteiger partial charge is 0.492 e. The fraction of sp³-hybridized carbons (Fsp3) is 0.533. The Hall–Kier alpha value is -1.07. The van der Waals surface area contributed by atoms with Crippen LogP contribution in [0.1, 0.15) is 31.7 Å².